The summed E-state index contributed by atoms with van der Waals surface area (Å²) in [6, 6.07) is 21.3. The normalized spacial score (nSPS) is 11.3. The molecule has 0 N–H and O–H groups in total. The third kappa shape index (κ3) is 4.62. The Hall–Kier alpha value is -2.93. The lowest BCUT2D eigenvalue weighted by atomic mass is 9.80. The lowest BCUT2D eigenvalue weighted by Crippen LogP contribution is -2.17. The van der Waals surface area contributed by atoms with Crippen LogP contribution in [0.1, 0.15) is 27.8 Å². The lowest BCUT2D eigenvalue weighted by Gasteiger charge is -2.08. The largest absolute Gasteiger partial charge is 0.140 e. The fourth-order valence-corrected chi connectivity index (χ4v) is 3.20. The molecule has 27 heavy (non-hydrogen) atoms. The molecular weight excluding hydrogens is 321 g/mol. The molecule has 3 rings (SSSR count). The molecule has 3 heteroatoms. The Morgan fingerprint density at radius 1 is 0.519 bits per heavy atom. The molecule has 0 heterocycles. The maximum Gasteiger partial charge on any atom is 0.140 e. The quantitative estimate of drug-likeness (QED) is 0.486. The van der Waals surface area contributed by atoms with Crippen molar-refractivity contribution in [2.75, 3.05) is 0 Å². The molecule has 0 aliphatic heterocycles. The van der Waals surface area contributed by atoms with Crippen molar-refractivity contribution in [2.45, 2.75) is 0 Å². The molecule has 0 nitrogen and oxygen atoms in total. The minimum absolute atomic E-state index is 1.15. The van der Waals surface area contributed by atoms with Crippen molar-refractivity contribution < 1.29 is 0 Å². The van der Waals surface area contributed by atoms with E-state index < -0.39 is 0 Å². The van der Waals surface area contributed by atoms with Gasteiger partial charge in [-0.2, -0.15) is 0 Å². The zero-order chi connectivity index (χ0) is 19.2. The molecule has 0 fully saturated rings. The second kappa shape index (κ2) is 8.64. The number of hydrogen-bond donors (Lipinski definition) is 0. The first kappa shape index (κ1) is 18.9. The third-order valence-corrected chi connectivity index (χ3v) is 4.94. The zero-order valence-corrected chi connectivity index (χ0v) is 16.4. The van der Waals surface area contributed by atoms with Gasteiger partial charge in [0.15, 0.2) is 0 Å². The fraction of sp³-hybridized carbons (Fsp3) is 0. The van der Waals surface area contributed by atoms with E-state index in [2.05, 4.69) is 109 Å². The molecule has 0 saturated heterocycles. The summed E-state index contributed by atoms with van der Waals surface area (Å²) >= 11 is 0. The Morgan fingerprint density at radius 2 is 0.963 bits per heavy atom. The molecule has 0 radical (unpaired) electrons. The average molecular weight is 344 g/mol. The molecular formula is C24H23B3. The molecule has 0 aromatic heterocycles. The molecule has 0 aliphatic rings. The van der Waals surface area contributed by atoms with Gasteiger partial charge in [0.05, 0.1) is 0 Å². The van der Waals surface area contributed by atoms with E-state index in [-0.39, 0.29) is 0 Å². The van der Waals surface area contributed by atoms with Crippen LogP contribution in [0.15, 0.2) is 67.2 Å². The Morgan fingerprint density at radius 3 is 1.52 bits per heavy atom. The lowest BCUT2D eigenvalue weighted by molar-refractivity contribution is 1.62. The minimum Gasteiger partial charge on any atom is -0.0984 e. The van der Waals surface area contributed by atoms with E-state index in [0.29, 0.717) is 0 Å². The number of hydrogen-bond acceptors (Lipinski definition) is 0. The highest BCUT2D eigenvalue weighted by molar-refractivity contribution is 6.39. The maximum atomic E-state index is 3.90. The van der Waals surface area contributed by atoms with Crippen LogP contribution >= 0.6 is 0 Å². The van der Waals surface area contributed by atoms with Crippen molar-refractivity contribution in [1.82, 2.24) is 0 Å². The summed E-state index contributed by atoms with van der Waals surface area (Å²) in [4.78, 5) is 0. The summed E-state index contributed by atoms with van der Waals surface area (Å²) < 4.78 is 0. The van der Waals surface area contributed by atoms with Crippen LogP contribution in [0.5, 0.6) is 0 Å². The van der Waals surface area contributed by atoms with E-state index in [0.717, 1.165) is 5.56 Å². The van der Waals surface area contributed by atoms with E-state index in [4.69, 9.17) is 0 Å². The highest BCUT2D eigenvalue weighted by Gasteiger charge is 2.02. The maximum absolute atomic E-state index is 3.90. The van der Waals surface area contributed by atoms with Gasteiger partial charge in [-0.3, -0.25) is 0 Å². The topological polar surface area (TPSA) is 0 Å². The van der Waals surface area contributed by atoms with Gasteiger partial charge in [-0.25, -0.2) is 0 Å². The zero-order valence-electron chi connectivity index (χ0n) is 16.4. The van der Waals surface area contributed by atoms with Gasteiger partial charge in [-0.1, -0.05) is 114 Å². The predicted octanol–water partition coefficient (Wildman–Crippen LogP) is 1.45. The first-order valence-electron chi connectivity index (χ1n) is 9.33. The second-order valence-electron chi connectivity index (χ2n) is 6.92. The Bertz CT molecular complexity index is 1030. The van der Waals surface area contributed by atoms with Crippen LogP contribution in [-0.4, -0.2) is 23.5 Å². The first-order chi connectivity index (χ1) is 13.1. The molecule has 0 bridgehead atoms. The summed E-state index contributed by atoms with van der Waals surface area (Å²) in [7, 11) is 6.49. The molecule has 0 aliphatic carbocycles. The van der Waals surface area contributed by atoms with Crippen molar-refractivity contribution in [2.24, 2.45) is 0 Å². The highest BCUT2D eigenvalue weighted by atomic mass is 14.0. The van der Waals surface area contributed by atoms with Gasteiger partial charge >= 0.3 is 0 Å². The van der Waals surface area contributed by atoms with Crippen molar-refractivity contribution >= 4 is 70.3 Å². The minimum atomic E-state index is 1.15. The van der Waals surface area contributed by atoms with Gasteiger partial charge in [-0.05, 0) is 27.8 Å². The molecule has 0 spiro atoms. The molecule has 128 valence electrons. The van der Waals surface area contributed by atoms with E-state index in [1.165, 1.54) is 38.6 Å². The molecule has 0 unspecified atom stereocenters. The third-order valence-electron chi connectivity index (χ3n) is 4.94. The van der Waals surface area contributed by atoms with Crippen molar-refractivity contribution in [3.8, 4) is 0 Å². The summed E-state index contributed by atoms with van der Waals surface area (Å²) in [5.41, 5.74) is 9.97. The van der Waals surface area contributed by atoms with Crippen LogP contribution in [0.3, 0.4) is 0 Å². The van der Waals surface area contributed by atoms with Crippen LogP contribution in [-0.2, 0) is 0 Å². The molecule has 3 aromatic rings. The van der Waals surface area contributed by atoms with Gasteiger partial charge in [0, 0.05) is 0 Å². The van der Waals surface area contributed by atoms with E-state index in [1.807, 2.05) is 12.1 Å². The first-order valence-corrected chi connectivity index (χ1v) is 9.33. The monoisotopic (exact) mass is 344 g/mol. The molecule has 0 atom stereocenters. The highest BCUT2D eigenvalue weighted by Crippen LogP contribution is 2.14. The van der Waals surface area contributed by atoms with Gasteiger partial charge in [0.2, 0.25) is 0 Å². The number of rotatable bonds is 5. The smallest absolute Gasteiger partial charge is 0.0984 e. The van der Waals surface area contributed by atoms with Crippen molar-refractivity contribution in [1.29, 1.82) is 0 Å². The Labute approximate surface area is 165 Å². The average Bonchev–Trinajstić information content (AvgIpc) is 2.68. The van der Waals surface area contributed by atoms with Crippen LogP contribution in [0.2, 0.25) is 0 Å². The van der Waals surface area contributed by atoms with Crippen LogP contribution in [0, 0.1) is 0 Å². The van der Waals surface area contributed by atoms with Crippen LogP contribution in [0.4, 0.5) is 0 Å². The van der Waals surface area contributed by atoms with Crippen LogP contribution in [0.25, 0.3) is 30.4 Å². The van der Waals surface area contributed by atoms with E-state index >= 15 is 0 Å². The standard InChI is InChI=1S/C24H23B3/c1-2-17-7-3-4-8-18(17)11-13-20-15-24(27)21(16-23(20)26)14-12-19-9-5-6-10-22(19)25/h2-16H,1,25-27H2/b13-11-,14-12-. The van der Waals surface area contributed by atoms with Crippen molar-refractivity contribution in [3.63, 3.8) is 0 Å². The Balaban J connectivity index is 1.88. The number of benzene rings is 3. The second-order valence-corrected chi connectivity index (χ2v) is 6.92. The van der Waals surface area contributed by atoms with Gasteiger partial charge < -0.3 is 0 Å². The molecule has 0 saturated carbocycles. The molecule has 3 aromatic carbocycles. The van der Waals surface area contributed by atoms with Gasteiger partial charge in [0.1, 0.15) is 23.5 Å². The van der Waals surface area contributed by atoms with Crippen molar-refractivity contribution in [3.05, 3.63) is 95.1 Å². The summed E-state index contributed by atoms with van der Waals surface area (Å²) in [6.45, 7) is 3.90. The van der Waals surface area contributed by atoms with Gasteiger partial charge in [-0.15, -0.1) is 0 Å². The van der Waals surface area contributed by atoms with Gasteiger partial charge in [0.25, 0.3) is 0 Å². The van der Waals surface area contributed by atoms with E-state index in [1.54, 1.807) is 0 Å². The summed E-state index contributed by atoms with van der Waals surface area (Å²) in [6.07, 6.45) is 10.7. The fourth-order valence-electron chi connectivity index (χ4n) is 3.20. The SMILES string of the molecule is Bc1ccccc1/C=C\c1cc(B)c(/C=C\c2ccccc2C=C)cc1B. The van der Waals surface area contributed by atoms with Crippen LogP contribution < -0.4 is 16.4 Å². The Kier molecular flexibility index (Phi) is 6.03. The summed E-state index contributed by atoms with van der Waals surface area (Å²) in [5.74, 6) is 0. The van der Waals surface area contributed by atoms with E-state index in [9.17, 15) is 0 Å². The summed E-state index contributed by atoms with van der Waals surface area (Å²) in [5, 5.41) is 0. The molecule has 0 amide bonds. The predicted molar refractivity (Wildman–Crippen MR) is 132 cm³/mol.